The molecule has 2 heterocycles. The Morgan fingerprint density at radius 1 is 1.42 bits per heavy atom. The molecule has 102 valence electrons. The molecule has 0 unspecified atom stereocenters. The van der Waals surface area contributed by atoms with Gasteiger partial charge in [-0.05, 0) is 36.8 Å². The number of rotatable bonds is 5. The third-order valence-corrected chi connectivity index (χ3v) is 4.97. The minimum Gasteiger partial charge on any atom is -0.296 e. The zero-order valence-electron chi connectivity index (χ0n) is 11.1. The highest BCUT2D eigenvalue weighted by Crippen LogP contribution is 2.28. The fourth-order valence-electron chi connectivity index (χ4n) is 2.48. The van der Waals surface area contributed by atoms with Crippen LogP contribution in [0, 0.1) is 5.92 Å². The Labute approximate surface area is 122 Å². The second-order valence-electron chi connectivity index (χ2n) is 5.19. The maximum atomic E-state index is 6.21. The first kappa shape index (κ1) is 13.3. The molecule has 19 heavy (non-hydrogen) atoms. The van der Waals surface area contributed by atoms with Crippen LogP contribution in [0.15, 0.2) is 11.4 Å². The van der Waals surface area contributed by atoms with Crippen LogP contribution in [0.4, 0.5) is 0 Å². The molecule has 2 aromatic heterocycles. The molecule has 3 nitrogen and oxygen atoms in total. The summed E-state index contributed by atoms with van der Waals surface area (Å²) in [6.07, 6.45) is 4.15. The van der Waals surface area contributed by atoms with Gasteiger partial charge in [0.2, 0.25) is 0 Å². The molecule has 2 aromatic rings. The van der Waals surface area contributed by atoms with Gasteiger partial charge in [-0.1, -0.05) is 24.9 Å². The molecule has 0 radical (unpaired) electrons. The zero-order chi connectivity index (χ0) is 13.2. The second kappa shape index (κ2) is 5.73. The smallest absolute Gasteiger partial charge is 0.145 e. The molecule has 0 spiro atoms. The van der Waals surface area contributed by atoms with Crippen LogP contribution in [0.1, 0.15) is 32.0 Å². The number of hydrogen-bond donors (Lipinski definition) is 0. The summed E-state index contributed by atoms with van der Waals surface area (Å²) in [5.74, 6) is 1.72. The fraction of sp³-hybridized carbons (Fsp3) is 0.571. The first-order valence-electron chi connectivity index (χ1n) is 6.88. The molecule has 0 atom stereocenters. The van der Waals surface area contributed by atoms with Crippen LogP contribution in [0.5, 0.6) is 0 Å². The average molecular weight is 296 g/mol. The van der Waals surface area contributed by atoms with Gasteiger partial charge in [-0.15, -0.1) is 11.3 Å². The zero-order valence-corrected chi connectivity index (χ0v) is 12.7. The summed E-state index contributed by atoms with van der Waals surface area (Å²) in [4.78, 5) is 12.5. The Bertz CT molecular complexity index is 565. The molecule has 1 saturated carbocycles. The van der Waals surface area contributed by atoms with Gasteiger partial charge in [0.25, 0.3) is 0 Å². The molecular formula is C14H18ClN3S. The lowest BCUT2D eigenvalue weighted by Gasteiger charge is -2.31. The lowest BCUT2D eigenvalue weighted by molar-refractivity contribution is 0.175. The molecule has 1 fully saturated rings. The van der Waals surface area contributed by atoms with Gasteiger partial charge in [-0.25, -0.2) is 9.97 Å². The molecule has 0 aliphatic heterocycles. The van der Waals surface area contributed by atoms with E-state index in [1.165, 1.54) is 25.8 Å². The Kier molecular flexibility index (Phi) is 4.01. The van der Waals surface area contributed by atoms with Gasteiger partial charge in [-0.2, -0.15) is 0 Å². The lowest BCUT2D eigenvalue weighted by atomic mass is 9.85. The van der Waals surface area contributed by atoms with Crippen molar-refractivity contribution in [2.75, 3.05) is 13.1 Å². The van der Waals surface area contributed by atoms with Gasteiger partial charge in [0.1, 0.15) is 15.8 Å². The molecule has 1 aliphatic carbocycles. The number of hydrogen-bond acceptors (Lipinski definition) is 4. The second-order valence-corrected chi connectivity index (χ2v) is 6.45. The van der Waals surface area contributed by atoms with E-state index in [0.717, 1.165) is 35.0 Å². The van der Waals surface area contributed by atoms with Gasteiger partial charge < -0.3 is 0 Å². The topological polar surface area (TPSA) is 29.0 Å². The van der Waals surface area contributed by atoms with Crippen molar-refractivity contribution < 1.29 is 0 Å². The number of halogens is 1. The van der Waals surface area contributed by atoms with E-state index in [9.17, 15) is 0 Å². The number of thiophene rings is 1. The van der Waals surface area contributed by atoms with Crippen LogP contribution in [0.2, 0.25) is 5.15 Å². The van der Waals surface area contributed by atoms with Crippen molar-refractivity contribution in [1.82, 2.24) is 14.9 Å². The highest BCUT2D eigenvalue weighted by molar-refractivity contribution is 7.16. The van der Waals surface area contributed by atoms with Gasteiger partial charge in [0.15, 0.2) is 0 Å². The minimum atomic E-state index is 0.584. The maximum Gasteiger partial charge on any atom is 0.145 e. The summed E-state index contributed by atoms with van der Waals surface area (Å²) in [7, 11) is 0. The van der Waals surface area contributed by atoms with E-state index in [1.54, 1.807) is 11.3 Å². The summed E-state index contributed by atoms with van der Waals surface area (Å²) >= 11 is 7.84. The Hall–Kier alpha value is -0.710. The highest BCUT2D eigenvalue weighted by atomic mass is 35.5. The Balaban J connectivity index is 1.74. The van der Waals surface area contributed by atoms with Gasteiger partial charge in [0, 0.05) is 11.9 Å². The fourth-order valence-corrected chi connectivity index (χ4v) is 3.57. The van der Waals surface area contributed by atoms with Crippen molar-refractivity contribution >= 4 is 33.2 Å². The van der Waals surface area contributed by atoms with E-state index in [2.05, 4.69) is 21.8 Å². The van der Waals surface area contributed by atoms with Crippen LogP contribution < -0.4 is 0 Å². The molecular weight excluding hydrogens is 278 g/mol. The predicted octanol–water partition coefficient (Wildman–Crippen LogP) is 3.97. The number of aromatic nitrogens is 2. The average Bonchev–Trinajstić information content (AvgIpc) is 2.80. The van der Waals surface area contributed by atoms with Gasteiger partial charge in [-0.3, -0.25) is 4.90 Å². The Morgan fingerprint density at radius 2 is 2.26 bits per heavy atom. The molecule has 0 aromatic carbocycles. The molecule has 3 rings (SSSR count). The van der Waals surface area contributed by atoms with Crippen LogP contribution in [-0.4, -0.2) is 28.0 Å². The molecule has 1 aliphatic rings. The van der Waals surface area contributed by atoms with Gasteiger partial charge in [0.05, 0.1) is 6.54 Å². The van der Waals surface area contributed by atoms with Crippen LogP contribution in [-0.2, 0) is 6.54 Å². The molecule has 0 saturated heterocycles. The van der Waals surface area contributed by atoms with Crippen molar-refractivity contribution in [3.8, 4) is 0 Å². The predicted molar refractivity (Wildman–Crippen MR) is 80.7 cm³/mol. The SMILES string of the molecule is CCN(Cc1nc(Cl)c2ccsc2n1)CC1CCC1. The molecule has 0 bridgehead atoms. The largest absolute Gasteiger partial charge is 0.296 e. The van der Waals surface area contributed by atoms with Gasteiger partial charge >= 0.3 is 0 Å². The third kappa shape index (κ3) is 2.91. The summed E-state index contributed by atoms with van der Waals surface area (Å²) in [5, 5.41) is 3.57. The van der Waals surface area contributed by atoms with Crippen molar-refractivity contribution in [1.29, 1.82) is 0 Å². The normalized spacial score (nSPS) is 16.2. The van der Waals surface area contributed by atoms with E-state index in [4.69, 9.17) is 11.6 Å². The first-order valence-corrected chi connectivity index (χ1v) is 8.14. The van der Waals surface area contributed by atoms with E-state index < -0.39 is 0 Å². The van der Waals surface area contributed by atoms with E-state index >= 15 is 0 Å². The van der Waals surface area contributed by atoms with Crippen molar-refractivity contribution in [2.24, 2.45) is 5.92 Å². The lowest BCUT2D eigenvalue weighted by Crippen LogP contribution is -2.32. The standard InChI is InChI=1S/C14H18ClN3S/c1-2-18(8-10-4-3-5-10)9-12-16-13(15)11-6-7-19-14(11)17-12/h6-7,10H,2-5,8-9H2,1H3. The monoisotopic (exact) mass is 295 g/mol. The maximum absolute atomic E-state index is 6.21. The molecule has 0 N–H and O–H groups in total. The van der Waals surface area contributed by atoms with E-state index in [-0.39, 0.29) is 0 Å². The first-order chi connectivity index (χ1) is 9.26. The van der Waals surface area contributed by atoms with Crippen molar-refractivity contribution in [3.05, 3.63) is 22.4 Å². The quantitative estimate of drug-likeness (QED) is 0.782. The number of fused-ring (bicyclic) bond motifs is 1. The van der Waals surface area contributed by atoms with Crippen molar-refractivity contribution in [3.63, 3.8) is 0 Å². The van der Waals surface area contributed by atoms with E-state index in [1.807, 2.05) is 11.4 Å². The van der Waals surface area contributed by atoms with Crippen molar-refractivity contribution in [2.45, 2.75) is 32.7 Å². The molecule has 5 heteroatoms. The highest BCUT2D eigenvalue weighted by Gasteiger charge is 2.20. The summed E-state index contributed by atoms with van der Waals surface area (Å²) in [6, 6.07) is 1.98. The van der Waals surface area contributed by atoms with Crippen LogP contribution in [0.3, 0.4) is 0 Å². The summed E-state index contributed by atoms with van der Waals surface area (Å²) in [5.41, 5.74) is 0. The summed E-state index contributed by atoms with van der Waals surface area (Å²) in [6.45, 7) is 5.21. The van der Waals surface area contributed by atoms with Crippen LogP contribution >= 0.6 is 22.9 Å². The third-order valence-electron chi connectivity index (χ3n) is 3.88. The minimum absolute atomic E-state index is 0.584. The van der Waals surface area contributed by atoms with E-state index in [0.29, 0.717) is 5.15 Å². The number of nitrogens with zero attached hydrogens (tertiary/aromatic N) is 3. The Morgan fingerprint density at radius 3 is 2.95 bits per heavy atom. The van der Waals surface area contributed by atoms with Crippen LogP contribution in [0.25, 0.3) is 10.2 Å². The summed E-state index contributed by atoms with van der Waals surface area (Å²) < 4.78 is 0. The molecule has 0 amide bonds.